The van der Waals surface area contributed by atoms with E-state index in [9.17, 15) is 22.8 Å². The number of nitrogens with one attached hydrogen (secondary N) is 1. The molecule has 1 aliphatic heterocycles. The third kappa shape index (κ3) is 3.83. The highest BCUT2D eigenvalue weighted by atomic mass is 19.4. The molecule has 0 radical (unpaired) electrons. The number of nitrogens with zero attached hydrogens (tertiary/aromatic N) is 3. The zero-order chi connectivity index (χ0) is 23.3. The maximum Gasteiger partial charge on any atom is 0.416 e. The van der Waals surface area contributed by atoms with E-state index in [1.807, 2.05) is 0 Å². The van der Waals surface area contributed by atoms with E-state index >= 15 is 0 Å². The molecule has 5 rings (SSSR count). The van der Waals surface area contributed by atoms with Gasteiger partial charge in [0.25, 0.3) is 17.5 Å². The molecule has 7 nitrogen and oxygen atoms in total. The van der Waals surface area contributed by atoms with Crippen LogP contribution in [0.25, 0.3) is 11.1 Å². The average Bonchev–Trinajstić information content (AvgIpc) is 3.39. The minimum Gasteiger partial charge on any atom is -0.355 e. The molecule has 2 aromatic heterocycles. The maximum absolute atomic E-state index is 13.2. The highest BCUT2D eigenvalue weighted by Gasteiger charge is 2.37. The van der Waals surface area contributed by atoms with Gasteiger partial charge in [0, 0.05) is 30.8 Å². The molecule has 1 atom stereocenters. The molecular weight excluding hydrogens is 437 g/mol. The fourth-order valence-electron chi connectivity index (χ4n) is 4.38. The number of fused-ring (bicyclic) bond motifs is 1. The topological polar surface area (TPSA) is 88.3 Å². The normalized spacial score (nSPS) is 18.7. The van der Waals surface area contributed by atoms with Crippen LogP contribution in [0.4, 0.5) is 13.2 Å². The molecule has 2 aliphatic rings. The van der Waals surface area contributed by atoms with Crippen LogP contribution in [0.2, 0.25) is 0 Å². The molecule has 3 aromatic rings. The Morgan fingerprint density at radius 3 is 2.52 bits per heavy atom. The molecule has 1 aromatic carbocycles. The Bertz CT molecular complexity index is 1230. The fraction of sp³-hybridized carbons (Fsp3) is 0.391. The van der Waals surface area contributed by atoms with Gasteiger partial charge in [-0.25, -0.2) is 4.98 Å². The van der Waals surface area contributed by atoms with Gasteiger partial charge in [-0.15, -0.1) is 0 Å². The van der Waals surface area contributed by atoms with Gasteiger partial charge < -0.3 is 14.7 Å². The van der Waals surface area contributed by atoms with E-state index in [-0.39, 0.29) is 17.2 Å². The molecule has 1 aliphatic carbocycles. The molecule has 2 amide bonds. The SMILES string of the molecule is CNC(=O)c1cc(C2CC2)nc2onc(C3CCCN3C(=O)c3ccc(C(F)(F)F)cc3)c12. The predicted octanol–water partition coefficient (Wildman–Crippen LogP) is 4.46. The van der Waals surface area contributed by atoms with Crippen molar-refractivity contribution in [1.82, 2.24) is 20.4 Å². The number of halogens is 3. The van der Waals surface area contributed by atoms with E-state index in [1.54, 1.807) is 11.0 Å². The van der Waals surface area contributed by atoms with Gasteiger partial charge in [0.1, 0.15) is 5.69 Å². The molecule has 1 saturated carbocycles. The van der Waals surface area contributed by atoms with Crippen LogP contribution in [0.3, 0.4) is 0 Å². The third-order valence-electron chi connectivity index (χ3n) is 6.25. The highest BCUT2D eigenvalue weighted by molar-refractivity contribution is 6.06. The smallest absolute Gasteiger partial charge is 0.355 e. The van der Waals surface area contributed by atoms with Crippen molar-refractivity contribution in [1.29, 1.82) is 0 Å². The van der Waals surface area contributed by atoms with Crippen LogP contribution in [0.1, 0.15) is 75.3 Å². The van der Waals surface area contributed by atoms with Crippen molar-refractivity contribution in [2.75, 3.05) is 13.6 Å². The van der Waals surface area contributed by atoms with E-state index in [0.29, 0.717) is 41.9 Å². The molecule has 1 saturated heterocycles. The number of rotatable bonds is 4. The molecule has 2 fully saturated rings. The Morgan fingerprint density at radius 1 is 1.15 bits per heavy atom. The number of pyridine rings is 1. The van der Waals surface area contributed by atoms with Gasteiger partial charge in [0.2, 0.25) is 0 Å². The predicted molar refractivity (Wildman–Crippen MR) is 112 cm³/mol. The number of amides is 2. The van der Waals surface area contributed by atoms with E-state index in [1.165, 1.54) is 19.2 Å². The molecule has 33 heavy (non-hydrogen) atoms. The van der Waals surface area contributed by atoms with E-state index in [2.05, 4.69) is 15.5 Å². The lowest BCUT2D eigenvalue weighted by atomic mass is 10.0. The highest BCUT2D eigenvalue weighted by Crippen LogP contribution is 2.42. The van der Waals surface area contributed by atoms with Crippen molar-refractivity contribution in [2.24, 2.45) is 0 Å². The second-order valence-electron chi connectivity index (χ2n) is 8.43. The lowest BCUT2D eigenvalue weighted by Gasteiger charge is -2.24. The maximum atomic E-state index is 13.2. The molecule has 0 bridgehead atoms. The lowest BCUT2D eigenvalue weighted by molar-refractivity contribution is -0.137. The minimum absolute atomic E-state index is 0.156. The second kappa shape index (κ2) is 7.86. The number of alkyl halides is 3. The number of likely N-dealkylation sites (tertiary alicyclic amines) is 1. The number of carbonyl (C=O) groups excluding carboxylic acids is 2. The van der Waals surface area contributed by atoms with Crippen LogP contribution in [0, 0.1) is 0 Å². The Hall–Kier alpha value is -3.43. The zero-order valence-electron chi connectivity index (χ0n) is 17.8. The van der Waals surface area contributed by atoms with Gasteiger partial charge >= 0.3 is 6.18 Å². The third-order valence-corrected chi connectivity index (χ3v) is 6.25. The van der Waals surface area contributed by atoms with Gasteiger partial charge in [0.15, 0.2) is 0 Å². The number of hydrogen-bond donors (Lipinski definition) is 1. The number of benzene rings is 1. The van der Waals surface area contributed by atoms with E-state index in [4.69, 9.17) is 4.52 Å². The van der Waals surface area contributed by atoms with Crippen LogP contribution in [0.5, 0.6) is 0 Å². The molecular formula is C23H21F3N4O3. The summed E-state index contributed by atoms with van der Waals surface area (Å²) in [6.07, 6.45) is -1.19. The largest absolute Gasteiger partial charge is 0.416 e. The average molecular weight is 458 g/mol. The van der Waals surface area contributed by atoms with E-state index < -0.39 is 23.7 Å². The summed E-state index contributed by atoms with van der Waals surface area (Å²) < 4.78 is 44.1. The first-order valence-electron chi connectivity index (χ1n) is 10.8. The number of aromatic nitrogens is 2. The quantitative estimate of drug-likeness (QED) is 0.624. The summed E-state index contributed by atoms with van der Waals surface area (Å²) in [5, 5.41) is 7.29. The number of hydrogen-bond acceptors (Lipinski definition) is 5. The lowest BCUT2D eigenvalue weighted by Crippen LogP contribution is -2.31. The summed E-state index contributed by atoms with van der Waals surface area (Å²) in [7, 11) is 1.54. The van der Waals surface area contributed by atoms with Crippen LogP contribution in [0.15, 0.2) is 34.9 Å². The Balaban J connectivity index is 1.51. The first-order chi connectivity index (χ1) is 15.8. The van der Waals surface area contributed by atoms with Crippen LogP contribution in [-0.4, -0.2) is 40.4 Å². The first kappa shape index (κ1) is 21.4. The summed E-state index contributed by atoms with van der Waals surface area (Å²) in [6, 6.07) is 5.45. The summed E-state index contributed by atoms with van der Waals surface area (Å²) in [4.78, 5) is 31.9. The van der Waals surface area contributed by atoms with Gasteiger partial charge in [-0.2, -0.15) is 13.2 Å². The van der Waals surface area contributed by atoms with Crippen LogP contribution in [-0.2, 0) is 6.18 Å². The van der Waals surface area contributed by atoms with Crippen molar-refractivity contribution in [3.05, 3.63) is 58.4 Å². The van der Waals surface area contributed by atoms with Gasteiger partial charge in [-0.1, -0.05) is 5.16 Å². The zero-order valence-corrected chi connectivity index (χ0v) is 17.8. The van der Waals surface area contributed by atoms with Crippen molar-refractivity contribution in [2.45, 2.75) is 43.8 Å². The van der Waals surface area contributed by atoms with E-state index in [0.717, 1.165) is 30.7 Å². The molecule has 1 N–H and O–H groups in total. The monoisotopic (exact) mass is 458 g/mol. The standard InChI is InChI=1S/C23H21F3N4O3/c1-27-20(31)15-11-16(12-4-5-12)28-21-18(15)19(29-33-21)17-3-2-10-30(17)22(32)13-6-8-14(9-7-13)23(24,25)26/h6-9,11-12,17H,2-5,10H2,1H3,(H,27,31). The molecule has 172 valence electrons. The van der Waals surface area contributed by atoms with Crippen molar-refractivity contribution in [3.63, 3.8) is 0 Å². The summed E-state index contributed by atoms with van der Waals surface area (Å²) in [5.41, 5.74) is 1.22. The van der Waals surface area contributed by atoms with Crippen LogP contribution < -0.4 is 5.32 Å². The molecule has 1 unspecified atom stereocenters. The van der Waals surface area contributed by atoms with Crippen LogP contribution >= 0.6 is 0 Å². The second-order valence-corrected chi connectivity index (χ2v) is 8.43. The Morgan fingerprint density at radius 2 is 1.88 bits per heavy atom. The summed E-state index contributed by atoms with van der Waals surface area (Å²) in [5.74, 6) is -0.394. The van der Waals surface area contributed by atoms with Gasteiger partial charge in [-0.3, -0.25) is 9.59 Å². The first-order valence-corrected chi connectivity index (χ1v) is 10.8. The van der Waals surface area contributed by atoms with Gasteiger partial charge in [0.05, 0.1) is 22.6 Å². The van der Waals surface area contributed by atoms with Crippen molar-refractivity contribution in [3.8, 4) is 0 Å². The summed E-state index contributed by atoms with van der Waals surface area (Å²) >= 11 is 0. The Labute approximate surface area is 186 Å². The molecule has 3 heterocycles. The van der Waals surface area contributed by atoms with Crippen molar-refractivity contribution >= 4 is 22.9 Å². The molecule has 0 spiro atoms. The summed E-state index contributed by atoms with van der Waals surface area (Å²) in [6.45, 7) is 0.418. The minimum atomic E-state index is -4.47. The Kier molecular flexibility index (Phi) is 5.10. The fourth-order valence-corrected chi connectivity index (χ4v) is 4.38. The number of carbonyl (C=O) groups is 2. The molecule has 10 heteroatoms. The van der Waals surface area contributed by atoms with Gasteiger partial charge in [-0.05, 0) is 56.0 Å². The van der Waals surface area contributed by atoms with Crippen molar-refractivity contribution < 1.29 is 27.3 Å².